The van der Waals surface area contributed by atoms with Gasteiger partial charge in [-0.2, -0.15) is 0 Å². The van der Waals surface area contributed by atoms with E-state index in [1.165, 1.54) is 0 Å². The first kappa shape index (κ1) is 9.39. The number of nitrogens with two attached hydrogens (primary N) is 1. The number of morpholine rings is 1. The summed E-state index contributed by atoms with van der Waals surface area (Å²) >= 11 is 0. The molecule has 0 aromatic heterocycles. The largest absolute Gasteiger partial charge is 0.375 e. The molecule has 76 valence electrons. The molecule has 2 bridgehead atoms. The third-order valence-corrected chi connectivity index (χ3v) is 3.43. The van der Waals surface area contributed by atoms with E-state index < -0.39 is 10.0 Å². The van der Waals surface area contributed by atoms with Crippen molar-refractivity contribution in [1.29, 1.82) is 0 Å². The van der Waals surface area contributed by atoms with Crippen molar-refractivity contribution >= 4 is 10.0 Å². The lowest BCUT2D eigenvalue weighted by Crippen LogP contribution is -2.40. The zero-order chi connectivity index (χ0) is 9.47. The summed E-state index contributed by atoms with van der Waals surface area (Å²) in [6, 6.07) is 0.423. The fourth-order valence-electron chi connectivity index (χ4n) is 2.00. The van der Waals surface area contributed by atoms with Gasteiger partial charge in [-0.1, -0.05) is 0 Å². The Balaban J connectivity index is 1.84. The number of hydrogen-bond donors (Lipinski definition) is 1. The first-order valence-electron chi connectivity index (χ1n) is 4.41. The number of sulfonamides is 1. The van der Waals surface area contributed by atoms with Crippen LogP contribution in [0.2, 0.25) is 0 Å². The molecule has 13 heavy (non-hydrogen) atoms. The average molecular weight is 206 g/mol. The zero-order valence-electron chi connectivity index (χ0n) is 7.35. The van der Waals surface area contributed by atoms with Gasteiger partial charge in [-0.25, -0.2) is 13.6 Å². The van der Waals surface area contributed by atoms with Crippen LogP contribution in [-0.2, 0) is 14.8 Å². The van der Waals surface area contributed by atoms with Gasteiger partial charge in [-0.15, -0.1) is 0 Å². The van der Waals surface area contributed by atoms with Crippen LogP contribution in [0, 0.1) is 0 Å². The zero-order valence-corrected chi connectivity index (χ0v) is 8.16. The highest BCUT2D eigenvalue weighted by molar-refractivity contribution is 7.89. The molecule has 2 saturated heterocycles. The van der Waals surface area contributed by atoms with Crippen molar-refractivity contribution in [2.24, 2.45) is 5.14 Å². The summed E-state index contributed by atoms with van der Waals surface area (Å²) in [6.07, 6.45) is 1.37. The van der Waals surface area contributed by atoms with Gasteiger partial charge < -0.3 is 4.74 Å². The second kappa shape index (κ2) is 3.20. The molecule has 6 heteroatoms. The van der Waals surface area contributed by atoms with Crippen molar-refractivity contribution in [3.05, 3.63) is 0 Å². The molecule has 2 heterocycles. The lowest BCUT2D eigenvalue weighted by Gasteiger charge is -2.25. The Hall–Kier alpha value is -0.170. The topological polar surface area (TPSA) is 72.6 Å². The maximum Gasteiger partial charge on any atom is 0.210 e. The molecule has 0 aromatic carbocycles. The molecule has 0 radical (unpaired) electrons. The summed E-state index contributed by atoms with van der Waals surface area (Å²) in [5.74, 6) is 0.0518. The fourth-order valence-corrected chi connectivity index (χ4v) is 2.49. The summed E-state index contributed by atoms with van der Waals surface area (Å²) in [5, 5.41) is 4.93. The van der Waals surface area contributed by atoms with E-state index in [1.54, 1.807) is 0 Å². The van der Waals surface area contributed by atoms with Crippen molar-refractivity contribution in [2.75, 3.05) is 25.4 Å². The maximum absolute atomic E-state index is 10.7. The van der Waals surface area contributed by atoms with Crippen LogP contribution in [0.4, 0.5) is 0 Å². The molecule has 5 nitrogen and oxygen atoms in total. The van der Waals surface area contributed by atoms with Gasteiger partial charge in [0.25, 0.3) is 0 Å². The highest BCUT2D eigenvalue weighted by Gasteiger charge is 2.38. The highest BCUT2D eigenvalue weighted by Crippen LogP contribution is 2.27. The molecule has 0 saturated carbocycles. The van der Waals surface area contributed by atoms with Crippen LogP contribution in [0.1, 0.15) is 6.42 Å². The second-order valence-electron chi connectivity index (χ2n) is 3.71. The average Bonchev–Trinajstić information content (AvgIpc) is 2.58. The van der Waals surface area contributed by atoms with Crippen molar-refractivity contribution in [3.8, 4) is 0 Å². The first-order valence-corrected chi connectivity index (χ1v) is 6.12. The molecule has 2 atom stereocenters. The Morgan fingerprint density at radius 1 is 1.54 bits per heavy atom. The Bertz CT molecular complexity index is 290. The second-order valence-corrected chi connectivity index (χ2v) is 5.44. The minimum Gasteiger partial charge on any atom is -0.375 e. The van der Waals surface area contributed by atoms with Crippen LogP contribution in [0.3, 0.4) is 0 Å². The molecule has 2 fully saturated rings. The van der Waals surface area contributed by atoms with E-state index in [0.29, 0.717) is 18.7 Å². The summed E-state index contributed by atoms with van der Waals surface area (Å²) in [7, 11) is -3.31. The number of rotatable bonds is 3. The molecule has 0 aliphatic carbocycles. The minimum absolute atomic E-state index is 0.0518. The van der Waals surface area contributed by atoms with Crippen LogP contribution in [-0.4, -0.2) is 50.9 Å². The van der Waals surface area contributed by atoms with Gasteiger partial charge in [-0.3, -0.25) is 4.90 Å². The van der Waals surface area contributed by atoms with Gasteiger partial charge in [0.1, 0.15) is 0 Å². The van der Waals surface area contributed by atoms with Crippen LogP contribution >= 0.6 is 0 Å². The van der Waals surface area contributed by atoms with Gasteiger partial charge in [0.05, 0.1) is 18.5 Å². The number of hydrogen-bond acceptors (Lipinski definition) is 4. The van der Waals surface area contributed by atoms with Crippen molar-refractivity contribution < 1.29 is 13.2 Å². The number of fused-ring (bicyclic) bond motifs is 2. The SMILES string of the molecule is NS(=O)(=O)CCN1CC2CC1CO2. The van der Waals surface area contributed by atoms with E-state index >= 15 is 0 Å². The highest BCUT2D eigenvalue weighted by atomic mass is 32.2. The maximum atomic E-state index is 10.7. The standard InChI is InChI=1S/C7H14N2O3S/c8-13(10,11)2-1-9-4-7-3-6(9)5-12-7/h6-7H,1-5H2,(H2,8,10,11). The fraction of sp³-hybridized carbons (Fsp3) is 1.00. The number of nitrogens with zero attached hydrogens (tertiary/aromatic N) is 1. The van der Waals surface area contributed by atoms with Crippen LogP contribution in [0.25, 0.3) is 0 Å². The Labute approximate surface area is 77.9 Å². The van der Waals surface area contributed by atoms with Crippen LogP contribution in [0.15, 0.2) is 0 Å². The molecule has 2 rings (SSSR count). The molecule has 2 aliphatic rings. The molecular weight excluding hydrogens is 192 g/mol. The van der Waals surface area contributed by atoms with Crippen molar-refractivity contribution in [3.63, 3.8) is 0 Å². The predicted molar refractivity (Wildman–Crippen MR) is 47.7 cm³/mol. The smallest absolute Gasteiger partial charge is 0.210 e. The lowest BCUT2D eigenvalue weighted by molar-refractivity contribution is 0.0332. The Morgan fingerprint density at radius 3 is 2.77 bits per heavy atom. The van der Waals surface area contributed by atoms with E-state index in [9.17, 15) is 8.42 Å². The molecule has 0 amide bonds. The first-order chi connectivity index (χ1) is 6.04. The Kier molecular flexibility index (Phi) is 2.31. The molecule has 0 spiro atoms. The predicted octanol–water partition coefficient (Wildman–Crippen LogP) is -1.25. The van der Waals surface area contributed by atoms with Crippen molar-refractivity contribution in [1.82, 2.24) is 4.90 Å². The summed E-state index contributed by atoms with van der Waals surface area (Å²) in [4.78, 5) is 2.15. The van der Waals surface area contributed by atoms with Crippen LogP contribution in [0.5, 0.6) is 0 Å². The quantitative estimate of drug-likeness (QED) is 0.626. The van der Waals surface area contributed by atoms with E-state index in [4.69, 9.17) is 9.88 Å². The summed E-state index contributed by atoms with van der Waals surface area (Å²) in [5.41, 5.74) is 0. The number of primary sulfonamides is 1. The number of ether oxygens (including phenoxy) is 1. The monoisotopic (exact) mass is 206 g/mol. The van der Waals surface area contributed by atoms with E-state index in [-0.39, 0.29) is 5.75 Å². The lowest BCUT2D eigenvalue weighted by atomic mass is 10.2. The number of likely N-dealkylation sites (tertiary alicyclic amines) is 1. The van der Waals surface area contributed by atoms with Crippen molar-refractivity contribution in [2.45, 2.75) is 18.6 Å². The van der Waals surface area contributed by atoms with Gasteiger partial charge in [-0.05, 0) is 6.42 Å². The third kappa shape index (κ3) is 2.19. The summed E-state index contributed by atoms with van der Waals surface area (Å²) < 4.78 is 26.8. The molecular formula is C7H14N2O3S. The van der Waals surface area contributed by atoms with E-state index in [1.807, 2.05) is 0 Å². The minimum atomic E-state index is -3.31. The van der Waals surface area contributed by atoms with Gasteiger partial charge in [0, 0.05) is 19.1 Å². The molecule has 0 aromatic rings. The third-order valence-electron chi connectivity index (χ3n) is 2.68. The molecule has 2 aliphatic heterocycles. The molecule has 2 unspecified atom stereocenters. The normalized spacial score (nSPS) is 34.2. The van der Waals surface area contributed by atoms with Gasteiger partial charge >= 0.3 is 0 Å². The van der Waals surface area contributed by atoms with E-state index in [0.717, 1.165) is 19.6 Å². The Morgan fingerprint density at radius 2 is 2.31 bits per heavy atom. The van der Waals surface area contributed by atoms with Gasteiger partial charge in [0.2, 0.25) is 10.0 Å². The molecule has 2 N–H and O–H groups in total. The van der Waals surface area contributed by atoms with Crippen LogP contribution < -0.4 is 5.14 Å². The van der Waals surface area contributed by atoms with Gasteiger partial charge in [0.15, 0.2) is 0 Å². The van der Waals surface area contributed by atoms with E-state index in [2.05, 4.69) is 4.90 Å². The summed E-state index contributed by atoms with van der Waals surface area (Å²) in [6.45, 7) is 2.15.